The summed E-state index contributed by atoms with van der Waals surface area (Å²) in [5.41, 5.74) is 6.75. The van der Waals surface area contributed by atoms with E-state index in [0.717, 1.165) is 24.4 Å². The maximum Gasteiger partial charge on any atom is 0.0727 e. The van der Waals surface area contributed by atoms with E-state index in [1.165, 1.54) is 5.56 Å². The maximum absolute atomic E-state index is 5.87. The van der Waals surface area contributed by atoms with Crippen molar-refractivity contribution in [1.29, 1.82) is 0 Å². The van der Waals surface area contributed by atoms with Gasteiger partial charge in [-0.1, -0.05) is 36.0 Å². The summed E-state index contributed by atoms with van der Waals surface area (Å²) >= 11 is 10.7. The average Bonchev–Trinajstić information content (AvgIpc) is 2.28. The van der Waals surface area contributed by atoms with Crippen LogP contribution in [0.15, 0.2) is 24.3 Å². The number of rotatable bonds is 6. The summed E-state index contributed by atoms with van der Waals surface area (Å²) in [7, 11) is 2.11. The molecule has 0 aliphatic rings. The molecular formula is C13H19ClN2S. The van der Waals surface area contributed by atoms with Crippen molar-refractivity contribution < 1.29 is 0 Å². The molecule has 94 valence electrons. The van der Waals surface area contributed by atoms with Crippen molar-refractivity contribution in [2.24, 2.45) is 5.73 Å². The van der Waals surface area contributed by atoms with Gasteiger partial charge in [-0.05, 0) is 51.1 Å². The van der Waals surface area contributed by atoms with E-state index in [-0.39, 0.29) is 0 Å². The third-order valence-electron chi connectivity index (χ3n) is 2.95. The number of nitrogens with two attached hydrogens (primary N) is 1. The van der Waals surface area contributed by atoms with Gasteiger partial charge in [0.15, 0.2) is 0 Å². The zero-order chi connectivity index (χ0) is 12.8. The van der Waals surface area contributed by atoms with Gasteiger partial charge in [0.25, 0.3) is 0 Å². The first-order chi connectivity index (χ1) is 8.00. The molecule has 0 saturated carbocycles. The van der Waals surface area contributed by atoms with E-state index in [1.807, 2.05) is 12.1 Å². The Morgan fingerprint density at radius 2 is 2.00 bits per heavy atom. The van der Waals surface area contributed by atoms with Gasteiger partial charge in [-0.25, -0.2) is 0 Å². The highest BCUT2D eigenvalue weighted by Gasteiger charge is 2.10. The number of hydrogen-bond donors (Lipinski definition) is 1. The molecule has 0 aliphatic carbocycles. The lowest BCUT2D eigenvalue weighted by molar-refractivity contribution is 0.260. The smallest absolute Gasteiger partial charge is 0.0727 e. The van der Waals surface area contributed by atoms with Crippen molar-refractivity contribution in [3.05, 3.63) is 34.9 Å². The molecule has 2 N–H and O–H groups in total. The number of nitrogens with zero attached hydrogens (tertiary/aromatic N) is 1. The Kier molecular flexibility index (Phi) is 5.89. The first-order valence-corrected chi connectivity index (χ1v) is 6.53. The average molecular weight is 271 g/mol. The van der Waals surface area contributed by atoms with Crippen molar-refractivity contribution >= 4 is 28.8 Å². The van der Waals surface area contributed by atoms with Gasteiger partial charge in [0.05, 0.1) is 4.99 Å². The van der Waals surface area contributed by atoms with Crippen molar-refractivity contribution in [2.75, 3.05) is 13.6 Å². The monoisotopic (exact) mass is 270 g/mol. The summed E-state index contributed by atoms with van der Waals surface area (Å²) in [6.07, 6.45) is 1.82. The molecule has 0 heterocycles. The highest BCUT2D eigenvalue weighted by molar-refractivity contribution is 7.80. The zero-order valence-corrected chi connectivity index (χ0v) is 11.9. The molecule has 0 saturated heterocycles. The van der Waals surface area contributed by atoms with E-state index < -0.39 is 0 Å². The van der Waals surface area contributed by atoms with Gasteiger partial charge >= 0.3 is 0 Å². The van der Waals surface area contributed by atoms with E-state index in [1.54, 1.807) is 0 Å². The summed E-state index contributed by atoms with van der Waals surface area (Å²) in [5, 5.41) is 0.775. The molecule has 2 nitrogen and oxygen atoms in total. The van der Waals surface area contributed by atoms with Crippen LogP contribution < -0.4 is 5.73 Å². The van der Waals surface area contributed by atoms with Gasteiger partial charge in [0.2, 0.25) is 0 Å². The van der Waals surface area contributed by atoms with Gasteiger partial charge in [-0.15, -0.1) is 0 Å². The third-order valence-corrected chi connectivity index (χ3v) is 3.40. The maximum atomic E-state index is 5.87. The summed E-state index contributed by atoms with van der Waals surface area (Å²) in [4.78, 5) is 2.89. The molecule has 1 aromatic carbocycles. The Morgan fingerprint density at radius 1 is 1.41 bits per heavy atom. The Morgan fingerprint density at radius 3 is 2.53 bits per heavy atom. The molecule has 0 bridgehead atoms. The number of halogens is 1. The Labute approximate surface area is 114 Å². The molecule has 0 aromatic heterocycles. The summed E-state index contributed by atoms with van der Waals surface area (Å²) in [6, 6.07) is 8.36. The SMILES string of the molecule is CC(c1ccc(Cl)cc1)N(C)CCCC(N)=S. The molecule has 1 atom stereocenters. The quantitative estimate of drug-likeness (QED) is 0.804. The van der Waals surface area contributed by atoms with Gasteiger partial charge in [0, 0.05) is 11.1 Å². The minimum absolute atomic E-state index is 0.374. The van der Waals surface area contributed by atoms with Crippen LogP contribution in [-0.2, 0) is 0 Å². The molecule has 1 aromatic rings. The van der Waals surface area contributed by atoms with Gasteiger partial charge in [-0.3, -0.25) is 4.90 Å². The lowest BCUT2D eigenvalue weighted by Crippen LogP contribution is -2.24. The van der Waals surface area contributed by atoms with E-state index >= 15 is 0 Å². The van der Waals surface area contributed by atoms with Crippen molar-refractivity contribution in [3.8, 4) is 0 Å². The normalized spacial score (nSPS) is 12.7. The van der Waals surface area contributed by atoms with Crippen molar-refractivity contribution in [2.45, 2.75) is 25.8 Å². The number of benzene rings is 1. The van der Waals surface area contributed by atoms with Crippen LogP contribution in [0.4, 0.5) is 0 Å². The Hall–Kier alpha value is -0.640. The lowest BCUT2D eigenvalue weighted by Gasteiger charge is -2.25. The van der Waals surface area contributed by atoms with Gasteiger partial charge in [0.1, 0.15) is 0 Å². The topological polar surface area (TPSA) is 29.3 Å². The third kappa shape index (κ3) is 5.02. The molecule has 0 aliphatic heterocycles. The molecule has 0 amide bonds. The van der Waals surface area contributed by atoms with Crippen LogP contribution in [0.5, 0.6) is 0 Å². The van der Waals surface area contributed by atoms with E-state index in [9.17, 15) is 0 Å². The summed E-state index contributed by atoms with van der Waals surface area (Å²) < 4.78 is 0. The first kappa shape index (κ1) is 14.4. The van der Waals surface area contributed by atoms with Crippen LogP contribution in [0.2, 0.25) is 5.02 Å². The second kappa shape index (κ2) is 6.94. The summed E-state index contributed by atoms with van der Waals surface area (Å²) in [6.45, 7) is 3.17. The van der Waals surface area contributed by atoms with Crippen molar-refractivity contribution in [3.63, 3.8) is 0 Å². The summed E-state index contributed by atoms with van der Waals surface area (Å²) in [5.74, 6) is 0. The fraction of sp³-hybridized carbons (Fsp3) is 0.462. The van der Waals surface area contributed by atoms with Crippen LogP contribution in [0.3, 0.4) is 0 Å². The van der Waals surface area contributed by atoms with Gasteiger partial charge in [-0.2, -0.15) is 0 Å². The standard InChI is InChI=1S/C13H19ClN2S/c1-10(11-5-7-12(14)8-6-11)16(2)9-3-4-13(15)17/h5-8,10H,3-4,9H2,1-2H3,(H2,15,17). The van der Waals surface area contributed by atoms with Crippen LogP contribution in [0.25, 0.3) is 0 Å². The van der Waals surface area contributed by atoms with Crippen LogP contribution in [-0.4, -0.2) is 23.5 Å². The fourth-order valence-corrected chi connectivity index (χ4v) is 1.96. The van der Waals surface area contributed by atoms with Crippen molar-refractivity contribution in [1.82, 2.24) is 4.90 Å². The second-order valence-electron chi connectivity index (χ2n) is 4.28. The van der Waals surface area contributed by atoms with E-state index in [4.69, 9.17) is 29.6 Å². The highest BCUT2D eigenvalue weighted by atomic mass is 35.5. The molecule has 0 radical (unpaired) electrons. The Bertz CT molecular complexity index is 364. The number of hydrogen-bond acceptors (Lipinski definition) is 2. The van der Waals surface area contributed by atoms with Crippen LogP contribution in [0.1, 0.15) is 31.4 Å². The molecule has 0 fully saturated rings. The fourth-order valence-electron chi connectivity index (χ4n) is 1.69. The molecular weight excluding hydrogens is 252 g/mol. The zero-order valence-electron chi connectivity index (χ0n) is 10.3. The molecule has 4 heteroatoms. The van der Waals surface area contributed by atoms with Crippen LogP contribution >= 0.6 is 23.8 Å². The lowest BCUT2D eigenvalue weighted by atomic mass is 10.1. The first-order valence-electron chi connectivity index (χ1n) is 5.74. The van der Waals surface area contributed by atoms with E-state index in [0.29, 0.717) is 11.0 Å². The van der Waals surface area contributed by atoms with Gasteiger partial charge < -0.3 is 5.73 Å². The molecule has 1 rings (SSSR count). The highest BCUT2D eigenvalue weighted by Crippen LogP contribution is 2.20. The molecule has 1 unspecified atom stereocenters. The second-order valence-corrected chi connectivity index (χ2v) is 5.24. The number of thiocarbonyl (C=S) groups is 1. The minimum Gasteiger partial charge on any atom is -0.393 e. The van der Waals surface area contributed by atoms with E-state index in [2.05, 4.69) is 31.0 Å². The molecule has 0 spiro atoms. The van der Waals surface area contributed by atoms with Crippen LogP contribution in [0, 0.1) is 0 Å². The Balaban J connectivity index is 2.48. The largest absolute Gasteiger partial charge is 0.393 e. The minimum atomic E-state index is 0.374. The predicted octanol–water partition coefficient (Wildman–Crippen LogP) is 3.40. The predicted molar refractivity (Wildman–Crippen MR) is 78.5 cm³/mol. The molecule has 17 heavy (non-hydrogen) atoms.